The Morgan fingerprint density at radius 3 is 2.39 bits per heavy atom. The van der Waals surface area contributed by atoms with Gasteiger partial charge in [0.1, 0.15) is 6.54 Å². The average Bonchev–Trinajstić information content (AvgIpc) is 3.06. The summed E-state index contributed by atoms with van der Waals surface area (Å²) >= 11 is 0. The molecule has 2 amide bonds. The van der Waals surface area contributed by atoms with E-state index in [-0.39, 0.29) is 18.5 Å². The van der Waals surface area contributed by atoms with Crippen molar-refractivity contribution in [3.63, 3.8) is 0 Å². The summed E-state index contributed by atoms with van der Waals surface area (Å²) in [5.41, 5.74) is 0. The lowest BCUT2D eigenvalue weighted by Crippen LogP contribution is -2.45. The van der Waals surface area contributed by atoms with Crippen LogP contribution in [0.3, 0.4) is 0 Å². The Kier molecular flexibility index (Phi) is 5.44. The number of amides is 2. The van der Waals surface area contributed by atoms with Crippen LogP contribution in [0.1, 0.15) is 33.6 Å². The molecule has 0 aromatic heterocycles. The summed E-state index contributed by atoms with van der Waals surface area (Å²) in [6.45, 7) is 6.93. The number of nitrogens with one attached hydrogen (secondary N) is 1. The van der Waals surface area contributed by atoms with Gasteiger partial charge in [-0.2, -0.15) is 0 Å². The van der Waals surface area contributed by atoms with Crippen molar-refractivity contribution in [1.29, 1.82) is 0 Å². The van der Waals surface area contributed by atoms with Gasteiger partial charge in [-0.15, -0.1) is 0 Å². The van der Waals surface area contributed by atoms with Gasteiger partial charge in [-0.05, 0) is 30.6 Å². The van der Waals surface area contributed by atoms with E-state index in [2.05, 4.69) is 12.2 Å². The highest BCUT2D eigenvalue weighted by atomic mass is 16.4. The molecule has 5 nitrogen and oxygen atoms in total. The van der Waals surface area contributed by atoms with Crippen molar-refractivity contribution in [2.24, 2.45) is 17.8 Å². The van der Waals surface area contributed by atoms with Gasteiger partial charge in [0, 0.05) is 13.1 Å². The summed E-state index contributed by atoms with van der Waals surface area (Å²) < 4.78 is 0. The highest BCUT2D eigenvalue weighted by molar-refractivity contribution is 5.80. The van der Waals surface area contributed by atoms with E-state index in [1.54, 1.807) is 0 Å². The molecule has 0 heterocycles. The summed E-state index contributed by atoms with van der Waals surface area (Å²) in [6.07, 6.45) is 2.50. The molecule has 1 fully saturated rings. The lowest BCUT2D eigenvalue weighted by atomic mass is 10.1. The summed E-state index contributed by atoms with van der Waals surface area (Å²) in [7, 11) is 0. The standard InChI is InChI=1S/C13H24N2O3/c1-9(2)7-15(8-12(16)17)13(18)14-6-10(3)11-4-5-11/h9-11H,4-8H2,1-3H3,(H,14,18)(H,16,17). The molecule has 104 valence electrons. The van der Waals surface area contributed by atoms with Gasteiger partial charge in [-0.1, -0.05) is 20.8 Å². The van der Waals surface area contributed by atoms with Crippen molar-refractivity contribution >= 4 is 12.0 Å². The summed E-state index contributed by atoms with van der Waals surface area (Å²) in [4.78, 5) is 24.0. The van der Waals surface area contributed by atoms with Gasteiger partial charge in [0.05, 0.1) is 0 Å². The minimum atomic E-state index is -0.971. The van der Waals surface area contributed by atoms with Gasteiger partial charge in [0.15, 0.2) is 0 Å². The first kappa shape index (κ1) is 14.8. The van der Waals surface area contributed by atoms with Crippen molar-refractivity contribution < 1.29 is 14.7 Å². The zero-order chi connectivity index (χ0) is 13.7. The van der Waals surface area contributed by atoms with E-state index in [0.29, 0.717) is 19.0 Å². The topological polar surface area (TPSA) is 69.6 Å². The molecule has 0 spiro atoms. The van der Waals surface area contributed by atoms with Crippen molar-refractivity contribution in [3.05, 3.63) is 0 Å². The number of carbonyl (C=O) groups excluding carboxylic acids is 1. The molecule has 0 aromatic carbocycles. The zero-order valence-corrected chi connectivity index (χ0v) is 11.5. The largest absolute Gasteiger partial charge is 0.480 e. The third kappa shape index (κ3) is 5.38. The molecule has 1 aliphatic carbocycles. The van der Waals surface area contributed by atoms with Crippen molar-refractivity contribution in [3.8, 4) is 0 Å². The molecule has 0 bridgehead atoms. The second kappa shape index (κ2) is 6.61. The van der Waals surface area contributed by atoms with Crippen LogP contribution in [0, 0.1) is 17.8 Å². The Balaban J connectivity index is 2.38. The van der Waals surface area contributed by atoms with Crippen LogP contribution < -0.4 is 5.32 Å². The molecule has 1 unspecified atom stereocenters. The number of carbonyl (C=O) groups is 2. The van der Waals surface area contributed by atoms with Crippen molar-refractivity contribution in [2.75, 3.05) is 19.6 Å². The fourth-order valence-corrected chi connectivity index (χ4v) is 2.02. The third-order valence-electron chi connectivity index (χ3n) is 3.20. The Labute approximate surface area is 109 Å². The molecule has 0 saturated heterocycles. The van der Waals surface area contributed by atoms with Crippen LogP contribution in [0.5, 0.6) is 0 Å². The van der Waals surface area contributed by atoms with Crippen LogP contribution >= 0.6 is 0 Å². The maximum atomic E-state index is 11.9. The molecule has 1 rings (SSSR count). The first-order chi connectivity index (χ1) is 8.40. The first-order valence-electron chi connectivity index (χ1n) is 6.64. The maximum Gasteiger partial charge on any atom is 0.323 e. The fourth-order valence-electron chi connectivity index (χ4n) is 2.02. The number of carboxylic acid groups (broad SMARTS) is 1. The van der Waals surface area contributed by atoms with Gasteiger partial charge in [-0.25, -0.2) is 4.79 Å². The van der Waals surface area contributed by atoms with E-state index >= 15 is 0 Å². The third-order valence-corrected chi connectivity index (χ3v) is 3.20. The molecule has 18 heavy (non-hydrogen) atoms. The maximum absolute atomic E-state index is 11.9. The SMILES string of the molecule is CC(C)CN(CC(=O)O)C(=O)NCC(C)C1CC1. The number of nitrogens with zero attached hydrogens (tertiary/aromatic N) is 1. The summed E-state index contributed by atoms with van der Waals surface area (Å²) in [5.74, 6) is 0.514. The summed E-state index contributed by atoms with van der Waals surface area (Å²) in [5, 5.41) is 11.6. The van der Waals surface area contributed by atoms with Gasteiger partial charge >= 0.3 is 12.0 Å². The number of aliphatic carboxylic acids is 1. The highest BCUT2D eigenvalue weighted by Gasteiger charge is 2.28. The smallest absolute Gasteiger partial charge is 0.323 e. The second-order valence-electron chi connectivity index (χ2n) is 5.67. The summed E-state index contributed by atoms with van der Waals surface area (Å²) in [6, 6.07) is -0.265. The number of carboxylic acids is 1. The first-order valence-corrected chi connectivity index (χ1v) is 6.64. The molecule has 2 N–H and O–H groups in total. The number of rotatable bonds is 7. The average molecular weight is 256 g/mol. The molecule has 5 heteroatoms. The van der Waals surface area contributed by atoms with Crippen LogP contribution in [0.25, 0.3) is 0 Å². The Morgan fingerprint density at radius 1 is 1.33 bits per heavy atom. The van der Waals surface area contributed by atoms with Crippen molar-refractivity contribution in [1.82, 2.24) is 10.2 Å². The number of hydrogen-bond acceptors (Lipinski definition) is 2. The van der Waals surface area contributed by atoms with E-state index in [9.17, 15) is 9.59 Å². The van der Waals surface area contributed by atoms with Gasteiger partial charge in [-0.3, -0.25) is 4.79 Å². The van der Waals surface area contributed by atoms with Gasteiger partial charge in [0.25, 0.3) is 0 Å². The van der Waals surface area contributed by atoms with Gasteiger partial charge < -0.3 is 15.3 Å². The molecule has 0 radical (unpaired) electrons. The van der Waals surface area contributed by atoms with Gasteiger partial charge in [0.2, 0.25) is 0 Å². The van der Waals surface area contributed by atoms with Crippen LogP contribution in [0.15, 0.2) is 0 Å². The predicted octanol–water partition coefficient (Wildman–Crippen LogP) is 1.78. The molecule has 1 aliphatic rings. The normalized spacial score (nSPS) is 16.4. The lowest BCUT2D eigenvalue weighted by Gasteiger charge is -2.24. The number of urea groups is 1. The molecule has 1 atom stereocenters. The predicted molar refractivity (Wildman–Crippen MR) is 69.3 cm³/mol. The van der Waals surface area contributed by atoms with E-state index < -0.39 is 5.97 Å². The minimum Gasteiger partial charge on any atom is -0.480 e. The molecule has 0 aliphatic heterocycles. The van der Waals surface area contributed by atoms with Crippen LogP contribution in [0.2, 0.25) is 0 Å². The minimum absolute atomic E-state index is 0.234. The van der Waals surface area contributed by atoms with Crippen LogP contribution in [0.4, 0.5) is 4.79 Å². The van der Waals surface area contributed by atoms with E-state index in [1.807, 2.05) is 13.8 Å². The Morgan fingerprint density at radius 2 is 1.94 bits per heavy atom. The van der Waals surface area contributed by atoms with E-state index in [4.69, 9.17) is 5.11 Å². The fraction of sp³-hybridized carbons (Fsp3) is 0.846. The number of hydrogen-bond donors (Lipinski definition) is 2. The van der Waals surface area contributed by atoms with Crippen LogP contribution in [-0.2, 0) is 4.79 Å². The highest BCUT2D eigenvalue weighted by Crippen LogP contribution is 2.36. The monoisotopic (exact) mass is 256 g/mol. The molecule has 1 saturated carbocycles. The molecular weight excluding hydrogens is 232 g/mol. The quantitative estimate of drug-likeness (QED) is 0.729. The Bertz CT molecular complexity index is 301. The zero-order valence-electron chi connectivity index (χ0n) is 11.5. The van der Waals surface area contributed by atoms with E-state index in [1.165, 1.54) is 17.7 Å². The molecule has 0 aromatic rings. The second-order valence-corrected chi connectivity index (χ2v) is 5.67. The lowest BCUT2D eigenvalue weighted by molar-refractivity contribution is -0.137. The van der Waals surface area contributed by atoms with Crippen molar-refractivity contribution in [2.45, 2.75) is 33.6 Å². The van der Waals surface area contributed by atoms with Crippen LogP contribution in [-0.4, -0.2) is 41.6 Å². The van der Waals surface area contributed by atoms with E-state index in [0.717, 1.165) is 5.92 Å². The molecular formula is C13H24N2O3. The Hall–Kier alpha value is -1.26.